The van der Waals surface area contributed by atoms with E-state index in [0.29, 0.717) is 0 Å². The van der Waals surface area contributed by atoms with Crippen LogP contribution in [-0.2, 0) is 0 Å². The molecular weight excluding hydrogens is 250 g/mol. The molecule has 1 aromatic carbocycles. The normalized spacial score (nSPS) is 17.1. The minimum atomic E-state index is 0.0456. The molecule has 1 heterocycles. The molecule has 0 amide bonds. The summed E-state index contributed by atoms with van der Waals surface area (Å²) in [5.74, 6) is 1.89. The van der Waals surface area contributed by atoms with Crippen LogP contribution in [0.1, 0.15) is 40.0 Å². The molecule has 2 N–H and O–H groups in total. The van der Waals surface area contributed by atoms with Crippen LogP contribution in [0, 0.1) is 0 Å². The smallest absolute Gasteiger partial charge is 0.156 e. The Morgan fingerprint density at radius 3 is 2.50 bits per heavy atom. The van der Waals surface area contributed by atoms with Crippen molar-refractivity contribution < 1.29 is 4.74 Å². The monoisotopic (exact) mass is 275 g/mol. The molecular formula is C16H25N3O. The van der Waals surface area contributed by atoms with Gasteiger partial charge < -0.3 is 15.4 Å². The molecule has 20 heavy (non-hydrogen) atoms. The van der Waals surface area contributed by atoms with E-state index in [1.807, 2.05) is 18.2 Å². The van der Waals surface area contributed by atoms with Gasteiger partial charge in [0.15, 0.2) is 6.10 Å². The van der Waals surface area contributed by atoms with E-state index in [4.69, 9.17) is 15.5 Å². The summed E-state index contributed by atoms with van der Waals surface area (Å²) in [6.45, 7) is 8.56. The number of nitrogens with zero attached hydrogens (tertiary/aromatic N) is 2. The van der Waals surface area contributed by atoms with Gasteiger partial charge in [-0.1, -0.05) is 20.8 Å². The zero-order valence-corrected chi connectivity index (χ0v) is 12.7. The molecule has 1 aliphatic heterocycles. The molecule has 0 saturated carbocycles. The van der Waals surface area contributed by atoms with Crippen LogP contribution in [0.25, 0.3) is 0 Å². The Kier molecular flexibility index (Phi) is 4.88. The van der Waals surface area contributed by atoms with Gasteiger partial charge in [0.1, 0.15) is 17.3 Å². The van der Waals surface area contributed by atoms with Crippen molar-refractivity contribution in [2.24, 2.45) is 4.99 Å². The summed E-state index contributed by atoms with van der Waals surface area (Å²) in [4.78, 5) is 7.18. The fourth-order valence-corrected chi connectivity index (χ4v) is 2.54. The molecule has 1 aromatic rings. The Morgan fingerprint density at radius 1 is 1.20 bits per heavy atom. The first-order chi connectivity index (χ1) is 9.69. The molecule has 4 nitrogen and oxygen atoms in total. The molecule has 1 atom stereocenters. The summed E-state index contributed by atoms with van der Waals surface area (Å²) >= 11 is 0. The predicted octanol–water partition coefficient (Wildman–Crippen LogP) is 3.59. The first kappa shape index (κ1) is 14.7. The molecule has 0 fully saturated rings. The largest absolute Gasteiger partial charge is 0.480 e. The maximum Gasteiger partial charge on any atom is 0.156 e. The number of rotatable bonds is 5. The van der Waals surface area contributed by atoms with E-state index in [0.717, 1.165) is 55.3 Å². The number of benzene rings is 1. The first-order valence-electron chi connectivity index (χ1n) is 7.59. The van der Waals surface area contributed by atoms with Crippen molar-refractivity contribution in [1.29, 1.82) is 0 Å². The van der Waals surface area contributed by atoms with Gasteiger partial charge in [0.25, 0.3) is 0 Å². The molecule has 0 saturated heterocycles. The lowest BCUT2D eigenvalue weighted by Gasteiger charge is -2.33. The van der Waals surface area contributed by atoms with Gasteiger partial charge in [-0.2, -0.15) is 0 Å². The summed E-state index contributed by atoms with van der Waals surface area (Å²) < 4.78 is 6.09. The van der Waals surface area contributed by atoms with E-state index in [2.05, 4.69) is 25.7 Å². The minimum Gasteiger partial charge on any atom is -0.480 e. The third-order valence-corrected chi connectivity index (χ3v) is 3.46. The molecule has 1 unspecified atom stereocenters. The zero-order chi connectivity index (χ0) is 14.5. The molecule has 0 aliphatic carbocycles. The lowest BCUT2D eigenvalue weighted by atomic mass is 10.1. The van der Waals surface area contributed by atoms with Crippen LogP contribution in [0.3, 0.4) is 0 Å². The molecule has 2 rings (SSSR count). The van der Waals surface area contributed by atoms with Crippen molar-refractivity contribution in [2.45, 2.75) is 46.1 Å². The number of amidine groups is 1. The van der Waals surface area contributed by atoms with Crippen molar-refractivity contribution in [1.82, 2.24) is 4.90 Å². The Labute approximate surface area is 121 Å². The van der Waals surface area contributed by atoms with E-state index < -0.39 is 0 Å². The van der Waals surface area contributed by atoms with Gasteiger partial charge in [0, 0.05) is 18.8 Å². The standard InChI is InChI=1S/C16H25N3O/c1-4-9-19(10-5-2)16-14(6-3)20-15-8-7-12(17)11-13(15)18-16/h7-8,11,14H,4-6,9-10,17H2,1-3H3. The van der Waals surface area contributed by atoms with Crippen molar-refractivity contribution >= 4 is 17.2 Å². The highest BCUT2D eigenvalue weighted by molar-refractivity contribution is 5.92. The van der Waals surface area contributed by atoms with Crippen molar-refractivity contribution in [2.75, 3.05) is 18.8 Å². The predicted molar refractivity (Wildman–Crippen MR) is 84.8 cm³/mol. The van der Waals surface area contributed by atoms with Crippen LogP contribution in [-0.4, -0.2) is 29.9 Å². The van der Waals surface area contributed by atoms with Crippen LogP contribution in [0.2, 0.25) is 0 Å². The minimum absolute atomic E-state index is 0.0456. The van der Waals surface area contributed by atoms with E-state index in [1.54, 1.807) is 0 Å². The third-order valence-electron chi connectivity index (χ3n) is 3.46. The average molecular weight is 275 g/mol. The maximum absolute atomic E-state index is 6.09. The lowest BCUT2D eigenvalue weighted by molar-refractivity contribution is 0.232. The van der Waals surface area contributed by atoms with Gasteiger partial charge >= 0.3 is 0 Å². The number of nitrogen functional groups attached to an aromatic ring is 1. The van der Waals surface area contributed by atoms with Crippen LogP contribution < -0.4 is 10.5 Å². The van der Waals surface area contributed by atoms with Crippen LogP contribution in [0.4, 0.5) is 11.4 Å². The fourth-order valence-electron chi connectivity index (χ4n) is 2.54. The molecule has 0 bridgehead atoms. The topological polar surface area (TPSA) is 50.8 Å². The highest BCUT2D eigenvalue weighted by atomic mass is 16.5. The number of fused-ring (bicyclic) bond motifs is 1. The van der Waals surface area contributed by atoms with Gasteiger partial charge in [-0.05, 0) is 37.5 Å². The second-order valence-electron chi connectivity index (χ2n) is 5.20. The maximum atomic E-state index is 6.09. The van der Waals surface area contributed by atoms with Crippen LogP contribution in [0.5, 0.6) is 5.75 Å². The van der Waals surface area contributed by atoms with Crippen LogP contribution >= 0.6 is 0 Å². The molecule has 0 aromatic heterocycles. The van der Waals surface area contributed by atoms with Crippen molar-refractivity contribution in [3.8, 4) is 5.75 Å². The lowest BCUT2D eigenvalue weighted by Crippen LogP contribution is -2.43. The zero-order valence-electron chi connectivity index (χ0n) is 12.7. The Balaban J connectivity index is 2.36. The van der Waals surface area contributed by atoms with E-state index >= 15 is 0 Å². The van der Waals surface area contributed by atoms with Gasteiger partial charge in [-0.3, -0.25) is 0 Å². The van der Waals surface area contributed by atoms with E-state index in [1.165, 1.54) is 0 Å². The molecule has 1 aliphatic rings. The fraction of sp³-hybridized carbons (Fsp3) is 0.562. The number of anilines is 1. The van der Waals surface area contributed by atoms with E-state index in [9.17, 15) is 0 Å². The second kappa shape index (κ2) is 6.64. The quantitative estimate of drug-likeness (QED) is 0.835. The molecule has 0 radical (unpaired) electrons. The highest BCUT2D eigenvalue weighted by Gasteiger charge is 2.26. The number of hydrogen-bond acceptors (Lipinski definition) is 4. The van der Waals surface area contributed by atoms with Gasteiger partial charge in [0.05, 0.1) is 0 Å². The Morgan fingerprint density at radius 2 is 1.90 bits per heavy atom. The Bertz CT molecular complexity index is 479. The van der Waals surface area contributed by atoms with Crippen LogP contribution in [0.15, 0.2) is 23.2 Å². The first-order valence-corrected chi connectivity index (χ1v) is 7.59. The average Bonchev–Trinajstić information content (AvgIpc) is 2.45. The summed E-state index contributed by atoms with van der Waals surface area (Å²) in [6.07, 6.45) is 3.19. The summed E-state index contributed by atoms with van der Waals surface area (Å²) in [6, 6.07) is 5.66. The highest BCUT2D eigenvalue weighted by Crippen LogP contribution is 2.35. The van der Waals surface area contributed by atoms with Crippen molar-refractivity contribution in [3.05, 3.63) is 18.2 Å². The number of nitrogens with two attached hydrogens (primary N) is 1. The number of aliphatic imine (C=N–C) groups is 1. The second-order valence-corrected chi connectivity index (χ2v) is 5.20. The number of hydrogen-bond donors (Lipinski definition) is 1. The molecule has 110 valence electrons. The summed E-state index contributed by atoms with van der Waals surface area (Å²) in [5.41, 5.74) is 7.42. The SMILES string of the molecule is CCCN(CCC)C1=Nc2cc(N)ccc2OC1CC. The van der Waals surface area contributed by atoms with E-state index in [-0.39, 0.29) is 6.10 Å². The van der Waals surface area contributed by atoms with Gasteiger partial charge in [-0.15, -0.1) is 0 Å². The third kappa shape index (κ3) is 3.06. The summed E-state index contributed by atoms with van der Waals surface area (Å²) in [7, 11) is 0. The molecule has 0 spiro atoms. The number of ether oxygens (including phenoxy) is 1. The summed E-state index contributed by atoms with van der Waals surface area (Å²) in [5, 5.41) is 0. The van der Waals surface area contributed by atoms with Gasteiger partial charge in [0.2, 0.25) is 0 Å². The Hall–Kier alpha value is -1.71. The van der Waals surface area contributed by atoms with Crippen molar-refractivity contribution in [3.63, 3.8) is 0 Å². The van der Waals surface area contributed by atoms with Gasteiger partial charge in [-0.25, -0.2) is 4.99 Å². The molecule has 4 heteroatoms.